The molecule has 0 N–H and O–H groups in total. The Morgan fingerprint density at radius 1 is 1.14 bits per heavy atom. The van der Waals surface area contributed by atoms with E-state index in [1.807, 2.05) is 32.9 Å². The standard InChI is InChI=1S/C23H27ClFNO3/c1-23(2,3)29-22(27)26-13-11-19(12-14-26)28-20-6-4-5-17(21(20)25)15-16-7-9-18(24)10-8-16/h4-10,19H,11-15H2,1-3H3. The van der Waals surface area contributed by atoms with Crippen LogP contribution in [0.3, 0.4) is 0 Å². The minimum Gasteiger partial charge on any atom is -0.487 e. The van der Waals surface area contributed by atoms with E-state index >= 15 is 0 Å². The highest BCUT2D eigenvalue weighted by atomic mass is 35.5. The third-order valence-electron chi connectivity index (χ3n) is 4.74. The molecule has 0 unspecified atom stereocenters. The Bertz CT molecular complexity index is 840. The van der Waals surface area contributed by atoms with Gasteiger partial charge in [-0.05, 0) is 50.1 Å². The number of carbonyl (C=O) groups is 1. The second-order valence-electron chi connectivity index (χ2n) is 8.32. The Balaban J connectivity index is 1.59. The minimum atomic E-state index is -0.516. The van der Waals surface area contributed by atoms with Gasteiger partial charge in [0.25, 0.3) is 0 Å². The molecule has 0 aromatic heterocycles. The van der Waals surface area contributed by atoms with Gasteiger partial charge in [0.05, 0.1) is 0 Å². The summed E-state index contributed by atoms with van der Waals surface area (Å²) in [6.45, 7) is 6.61. The third-order valence-corrected chi connectivity index (χ3v) is 4.99. The maximum Gasteiger partial charge on any atom is 0.410 e. The highest BCUT2D eigenvalue weighted by Gasteiger charge is 2.28. The monoisotopic (exact) mass is 419 g/mol. The van der Waals surface area contributed by atoms with Gasteiger partial charge in [-0.15, -0.1) is 0 Å². The summed E-state index contributed by atoms with van der Waals surface area (Å²) in [5.74, 6) is -0.0794. The summed E-state index contributed by atoms with van der Waals surface area (Å²) in [6.07, 6.45) is 1.30. The summed E-state index contributed by atoms with van der Waals surface area (Å²) in [5, 5.41) is 0.657. The number of hydrogen-bond acceptors (Lipinski definition) is 3. The number of carbonyl (C=O) groups excluding carboxylic acids is 1. The maximum absolute atomic E-state index is 14.9. The van der Waals surface area contributed by atoms with E-state index in [4.69, 9.17) is 21.1 Å². The van der Waals surface area contributed by atoms with Gasteiger partial charge in [-0.25, -0.2) is 9.18 Å². The molecule has 29 heavy (non-hydrogen) atoms. The van der Waals surface area contributed by atoms with Crippen LogP contribution >= 0.6 is 11.6 Å². The van der Waals surface area contributed by atoms with Gasteiger partial charge >= 0.3 is 6.09 Å². The van der Waals surface area contributed by atoms with Crippen LogP contribution in [0.4, 0.5) is 9.18 Å². The summed E-state index contributed by atoms with van der Waals surface area (Å²) >= 11 is 5.91. The Morgan fingerprint density at radius 2 is 1.79 bits per heavy atom. The van der Waals surface area contributed by atoms with Crippen molar-refractivity contribution in [3.8, 4) is 5.75 Å². The molecule has 3 rings (SSSR count). The average molecular weight is 420 g/mol. The normalized spacial score (nSPS) is 15.3. The molecule has 4 nitrogen and oxygen atoms in total. The number of likely N-dealkylation sites (tertiary alicyclic amines) is 1. The molecule has 1 fully saturated rings. The maximum atomic E-state index is 14.9. The number of nitrogens with zero attached hydrogens (tertiary/aromatic N) is 1. The largest absolute Gasteiger partial charge is 0.487 e. The lowest BCUT2D eigenvalue weighted by molar-refractivity contribution is 0.0123. The zero-order chi connectivity index (χ0) is 21.0. The molecule has 0 bridgehead atoms. The van der Waals surface area contributed by atoms with E-state index in [0.717, 1.165) is 5.56 Å². The molecule has 1 aliphatic heterocycles. The summed E-state index contributed by atoms with van der Waals surface area (Å²) in [7, 11) is 0. The number of rotatable bonds is 4. The fourth-order valence-electron chi connectivity index (χ4n) is 3.27. The van der Waals surface area contributed by atoms with E-state index < -0.39 is 5.60 Å². The SMILES string of the molecule is CC(C)(C)OC(=O)N1CCC(Oc2cccc(Cc3ccc(Cl)cc3)c2F)CC1. The fourth-order valence-corrected chi connectivity index (χ4v) is 3.39. The first-order valence-corrected chi connectivity index (χ1v) is 10.3. The predicted molar refractivity (Wildman–Crippen MR) is 112 cm³/mol. The second-order valence-corrected chi connectivity index (χ2v) is 8.75. The van der Waals surface area contributed by atoms with E-state index in [-0.39, 0.29) is 23.8 Å². The van der Waals surface area contributed by atoms with Gasteiger partial charge in [-0.1, -0.05) is 35.9 Å². The molecule has 1 saturated heterocycles. The lowest BCUT2D eigenvalue weighted by Gasteiger charge is -2.33. The van der Waals surface area contributed by atoms with Crippen molar-refractivity contribution in [1.29, 1.82) is 0 Å². The summed E-state index contributed by atoms with van der Waals surface area (Å²) in [6, 6.07) is 12.6. The van der Waals surface area contributed by atoms with Crippen LogP contribution in [0.25, 0.3) is 0 Å². The molecule has 1 aliphatic rings. The summed E-state index contributed by atoms with van der Waals surface area (Å²) < 4.78 is 26.3. The molecule has 0 spiro atoms. The molecule has 156 valence electrons. The van der Waals surface area contributed by atoms with E-state index in [1.54, 1.807) is 35.2 Å². The predicted octanol–water partition coefficient (Wildman–Crippen LogP) is 5.85. The summed E-state index contributed by atoms with van der Waals surface area (Å²) in [5.41, 5.74) is 1.05. The highest BCUT2D eigenvalue weighted by molar-refractivity contribution is 6.30. The lowest BCUT2D eigenvalue weighted by atomic mass is 10.0. The first kappa shape index (κ1) is 21.4. The van der Waals surface area contributed by atoms with Crippen molar-refractivity contribution in [2.24, 2.45) is 0 Å². The number of ether oxygens (including phenoxy) is 2. The number of benzene rings is 2. The van der Waals surface area contributed by atoms with Gasteiger partial charge in [0.1, 0.15) is 11.7 Å². The number of amides is 1. The smallest absolute Gasteiger partial charge is 0.410 e. The van der Waals surface area contributed by atoms with Gasteiger partial charge in [0.15, 0.2) is 11.6 Å². The van der Waals surface area contributed by atoms with Gasteiger partial charge in [-0.3, -0.25) is 0 Å². The van der Waals surface area contributed by atoms with Gasteiger partial charge < -0.3 is 14.4 Å². The lowest BCUT2D eigenvalue weighted by Crippen LogP contribution is -2.44. The van der Waals surface area contributed by atoms with Gasteiger partial charge in [0.2, 0.25) is 0 Å². The molecule has 1 amide bonds. The molecule has 1 heterocycles. The number of hydrogen-bond donors (Lipinski definition) is 0. The quantitative estimate of drug-likeness (QED) is 0.624. The third kappa shape index (κ3) is 6.10. The van der Waals surface area contributed by atoms with Crippen molar-refractivity contribution in [2.75, 3.05) is 13.1 Å². The van der Waals surface area contributed by atoms with Crippen LogP contribution in [0.2, 0.25) is 5.02 Å². The Labute approximate surface area is 176 Å². The Hall–Kier alpha value is -2.27. The highest BCUT2D eigenvalue weighted by Crippen LogP contribution is 2.27. The molecule has 6 heteroatoms. The van der Waals surface area contributed by atoms with Crippen molar-refractivity contribution in [2.45, 2.75) is 51.7 Å². The van der Waals surface area contributed by atoms with Crippen LogP contribution < -0.4 is 4.74 Å². The number of piperidine rings is 1. The van der Waals surface area contributed by atoms with Crippen LogP contribution in [0.1, 0.15) is 44.7 Å². The molecule has 0 radical (unpaired) electrons. The zero-order valence-electron chi connectivity index (χ0n) is 17.1. The van der Waals surface area contributed by atoms with Crippen LogP contribution in [-0.2, 0) is 11.2 Å². The Kier molecular flexibility index (Phi) is 6.68. The van der Waals surface area contributed by atoms with Crippen molar-refractivity contribution in [1.82, 2.24) is 4.90 Å². The van der Waals surface area contributed by atoms with Crippen molar-refractivity contribution >= 4 is 17.7 Å². The van der Waals surface area contributed by atoms with E-state index in [9.17, 15) is 9.18 Å². The molecule has 0 saturated carbocycles. The molecule has 0 atom stereocenters. The second kappa shape index (κ2) is 9.04. The molecule has 2 aromatic carbocycles. The van der Waals surface area contributed by atoms with E-state index in [2.05, 4.69) is 0 Å². The van der Waals surface area contributed by atoms with E-state index in [1.165, 1.54) is 0 Å². The zero-order valence-corrected chi connectivity index (χ0v) is 17.8. The van der Waals surface area contributed by atoms with Crippen LogP contribution in [0.5, 0.6) is 5.75 Å². The average Bonchev–Trinajstić information content (AvgIpc) is 2.66. The topological polar surface area (TPSA) is 38.8 Å². The van der Waals surface area contributed by atoms with E-state index in [0.29, 0.717) is 42.9 Å². The molecule has 2 aromatic rings. The molecular weight excluding hydrogens is 393 g/mol. The van der Waals surface area contributed by atoms with Crippen LogP contribution in [-0.4, -0.2) is 35.8 Å². The molecule has 0 aliphatic carbocycles. The van der Waals surface area contributed by atoms with Gasteiger partial charge in [-0.2, -0.15) is 0 Å². The van der Waals surface area contributed by atoms with Crippen LogP contribution in [0, 0.1) is 5.82 Å². The van der Waals surface area contributed by atoms with Crippen molar-refractivity contribution in [3.05, 3.63) is 64.4 Å². The van der Waals surface area contributed by atoms with Crippen LogP contribution in [0.15, 0.2) is 42.5 Å². The summed E-state index contributed by atoms with van der Waals surface area (Å²) in [4.78, 5) is 13.8. The first-order valence-electron chi connectivity index (χ1n) is 9.88. The minimum absolute atomic E-state index is 0.131. The number of halogens is 2. The fraction of sp³-hybridized carbons (Fsp3) is 0.435. The van der Waals surface area contributed by atoms with Gasteiger partial charge in [0, 0.05) is 37.4 Å². The molecular formula is C23H27ClFNO3. The first-order chi connectivity index (χ1) is 13.7. The van der Waals surface area contributed by atoms with Crippen molar-refractivity contribution in [3.63, 3.8) is 0 Å². The Morgan fingerprint density at radius 3 is 2.41 bits per heavy atom. The van der Waals surface area contributed by atoms with Crippen molar-refractivity contribution < 1.29 is 18.7 Å².